The number of benzene rings is 2. The number of hydrogen-bond acceptors (Lipinski definition) is 9. The fourth-order valence-corrected chi connectivity index (χ4v) is 4.93. The number of methoxy groups -OCH3 is 1. The Hall–Kier alpha value is -5.59. The Bertz CT molecular complexity index is 1860. The Labute approximate surface area is 257 Å². The summed E-state index contributed by atoms with van der Waals surface area (Å²) in [4.78, 5) is 26.2. The van der Waals surface area contributed by atoms with Crippen molar-refractivity contribution in [3.63, 3.8) is 0 Å². The normalized spacial score (nSPS) is 16.3. The molecule has 230 valence electrons. The molecule has 3 aromatic heterocycles. The molecule has 0 radical (unpaired) electrons. The molecule has 2 atom stereocenters. The van der Waals surface area contributed by atoms with E-state index in [0.29, 0.717) is 29.0 Å². The minimum Gasteiger partial charge on any atom is -0.493 e. The maximum atomic E-state index is 15.3. The number of pyridine rings is 1. The van der Waals surface area contributed by atoms with Crippen LogP contribution in [0.5, 0.6) is 23.1 Å². The van der Waals surface area contributed by atoms with Crippen LogP contribution in [0.4, 0.5) is 20.3 Å². The summed E-state index contributed by atoms with van der Waals surface area (Å²) >= 11 is 0. The van der Waals surface area contributed by atoms with Crippen LogP contribution >= 0.6 is 0 Å². The fourth-order valence-electron chi connectivity index (χ4n) is 4.93. The van der Waals surface area contributed by atoms with Gasteiger partial charge in [-0.3, -0.25) is 9.78 Å². The first kappa shape index (κ1) is 29.5. The molecule has 0 unspecified atom stereocenters. The quantitative estimate of drug-likeness (QED) is 0.209. The second-order valence-electron chi connectivity index (χ2n) is 10.3. The highest BCUT2D eigenvalue weighted by atomic mass is 19.1. The molecule has 1 amide bonds. The molecule has 13 heteroatoms. The number of carbonyl (C=O) groups is 1. The number of fused-ring (bicyclic) bond motifs is 1. The highest BCUT2D eigenvalue weighted by Crippen LogP contribution is 2.37. The predicted octanol–water partition coefficient (Wildman–Crippen LogP) is 5.71. The maximum Gasteiger partial charge on any atom is 0.246 e. The molecule has 1 fully saturated rings. The summed E-state index contributed by atoms with van der Waals surface area (Å²) in [6, 6.07) is 13.1. The molecule has 1 aliphatic rings. The zero-order valence-electron chi connectivity index (χ0n) is 24.5. The van der Waals surface area contributed by atoms with Gasteiger partial charge in [0.25, 0.3) is 0 Å². The first-order valence-electron chi connectivity index (χ1n) is 14.1. The molecular weight excluding hydrogens is 584 g/mol. The number of likely N-dealkylation sites (tertiary alicyclic amines) is 1. The summed E-state index contributed by atoms with van der Waals surface area (Å²) in [6.07, 6.45) is 3.97. The number of ether oxygens (including phenoxy) is 3. The average Bonchev–Trinajstić information content (AvgIpc) is 3.51. The van der Waals surface area contributed by atoms with Crippen molar-refractivity contribution in [2.75, 3.05) is 25.5 Å². The first-order chi connectivity index (χ1) is 21.8. The van der Waals surface area contributed by atoms with Crippen LogP contribution in [0.15, 0.2) is 79.9 Å². The summed E-state index contributed by atoms with van der Waals surface area (Å²) in [5.74, 6) is 0.529. The summed E-state index contributed by atoms with van der Waals surface area (Å²) in [5.41, 5.74) is 2.29. The molecule has 0 aliphatic carbocycles. The molecule has 2 aromatic carbocycles. The smallest absolute Gasteiger partial charge is 0.246 e. The van der Waals surface area contributed by atoms with Crippen molar-refractivity contribution in [2.24, 2.45) is 0 Å². The van der Waals surface area contributed by atoms with E-state index in [0.717, 1.165) is 17.5 Å². The van der Waals surface area contributed by atoms with E-state index in [1.807, 2.05) is 19.1 Å². The number of alkyl halides is 1. The van der Waals surface area contributed by atoms with E-state index >= 15 is 8.78 Å². The number of halogens is 2. The molecule has 1 aliphatic heterocycles. The number of piperidine rings is 1. The van der Waals surface area contributed by atoms with Crippen LogP contribution in [0.25, 0.3) is 16.6 Å². The van der Waals surface area contributed by atoms with Crippen molar-refractivity contribution in [3.05, 3.63) is 91.4 Å². The standard InChI is InChI=1S/C32H29F2N7O4/c1-4-31(42)40-11-9-27(24(34)17-40)45-29-14-22-26(15-28(29)43-3)36-18-37-32(22)38-25-8-7-21(13-23(25)33)44-30-10-12-41(39-30)20-6-5-19(2)35-16-20/h4-8,10,12-16,18,24,27H,1,9,11,17H2,2-3H3,(H,36,37,38)/t24-,27-/m1/s1. The van der Waals surface area contributed by atoms with Gasteiger partial charge in [0.15, 0.2) is 17.7 Å². The van der Waals surface area contributed by atoms with Crippen LogP contribution in [-0.2, 0) is 4.79 Å². The number of nitrogens with zero attached hydrogens (tertiary/aromatic N) is 6. The van der Waals surface area contributed by atoms with E-state index in [9.17, 15) is 4.79 Å². The van der Waals surface area contributed by atoms with Gasteiger partial charge in [-0.1, -0.05) is 6.58 Å². The number of hydrogen-bond donors (Lipinski definition) is 1. The van der Waals surface area contributed by atoms with Crippen LogP contribution in [0.3, 0.4) is 0 Å². The molecule has 1 N–H and O–H groups in total. The van der Waals surface area contributed by atoms with E-state index in [4.69, 9.17) is 14.2 Å². The van der Waals surface area contributed by atoms with Gasteiger partial charge < -0.3 is 24.4 Å². The van der Waals surface area contributed by atoms with Crippen LogP contribution in [0.2, 0.25) is 0 Å². The summed E-state index contributed by atoms with van der Waals surface area (Å²) in [6.45, 7) is 5.58. The van der Waals surface area contributed by atoms with E-state index in [1.165, 1.54) is 30.5 Å². The minimum absolute atomic E-state index is 0.105. The van der Waals surface area contributed by atoms with Crippen LogP contribution in [0, 0.1) is 12.7 Å². The van der Waals surface area contributed by atoms with E-state index < -0.39 is 18.1 Å². The molecule has 11 nitrogen and oxygen atoms in total. The van der Waals surface area contributed by atoms with E-state index in [1.54, 1.807) is 41.3 Å². The number of carbonyl (C=O) groups excluding carboxylic acids is 1. The maximum absolute atomic E-state index is 15.3. The molecule has 0 saturated carbocycles. The van der Waals surface area contributed by atoms with E-state index in [2.05, 4.69) is 31.9 Å². The highest BCUT2D eigenvalue weighted by molar-refractivity contribution is 5.93. The van der Waals surface area contributed by atoms with Gasteiger partial charge in [-0.2, -0.15) is 0 Å². The average molecular weight is 614 g/mol. The second-order valence-corrected chi connectivity index (χ2v) is 10.3. The topological polar surface area (TPSA) is 117 Å². The highest BCUT2D eigenvalue weighted by Gasteiger charge is 2.33. The third-order valence-corrected chi connectivity index (χ3v) is 7.31. The SMILES string of the molecule is C=CC(=O)N1CC[C@@H](Oc2cc3c(Nc4ccc(Oc5ccn(-c6ccc(C)nc6)n5)cc4F)ncnc3cc2OC)[C@H](F)C1. The van der Waals surface area contributed by atoms with Gasteiger partial charge in [-0.15, -0.1) is 5.10 Å². The Morgan fingerprint density at radius 3 is 2.71 bits per heavy atom. The number of anilines is 2. The van der Waals surface area contributed by atoms with E-state index in [-0.39, 0.29) is 41.9 Å². The summed E-state index contributed by atoms with van der Waals surface area (Å²) < 4.78 is 49.2. The van der Waals surface area contributed by atoms with Crippen molar-refractivity contribution >= 4 is 28.3 Å². The Morgan fingerprint density at radius 1 is 1.11 bits per heavy atom. The molecule has 6 rings (SSSR count). The lowest BCUT2D eigenvalue weighted by atomic mass is 10.1. The van der Waals surface area contributed by atoms with Gasteiger partial charge in [0.1, 0.15) is 29.8 Å². The number of amides is 1. The number of nitrogens with one attached hydrogen (secondary N) is 1. The third-order valence-electron chi connectivity index (χ3n) is 7.31. The van der Waals surface area contributed by atoms with Crippen molar-refractivity contribution in [3.8, 4) is 28.8 Å². The minimum atomic E-state index is -1.42. The van der Waals surface area contributed by atoms with Crippen molar-refractivity contribution in [1.29, 1.82) is 0 Å². The fraction of sp³-hybridized carbons (Fsp3) is 0.219. The summed E-state index contributed by atoms with van der Waals surface area (Å²) in [7, 11) is 1.47. The zero-order valence-corrected chi connectivity index (χ0v) is 24.5. The van der Waals surface area contributed by atoms with Gasteiger partial charge >= 0.3 is 0 Å². The number of aryl methyl sites for hydroxylation is 1. The lowest BCUT2D eigenvalue weighted by molar-refractivity contribution is -0.129. The van der Waals surface area contributed by atoms with Gasteiger partial charge in [0.05, 0.1) is 36.7 Å². The van der Waals surface area contributed by atoms with Gasteiger partial charge in [0.2, 0.25) is 11.8 Å². The Kier molecular flexibility index (Phi) is 8.23. The lowest BCUT2D eigenvalue weighted by Crippen LogP contribution is -2.48. The van der Waals surface area contributed by atoms with Gasteiger partial charge in [-0.05, 0) is 43.3 Å². The van der Waals surface area contributed by atoms with Gasteiger partial charge in [-0.25, -0.2) is 23.4 Å². The Balaban J connectivity index is 1.20. The predicted molar refractivity (Wildman–Crippen MR) is 163 cm³/mol. The molecule has 4 heterocycles. The third kappa shape index (κ3) is 6.37. The summed E-state index contributed by atoms with van der Waals surface area (Å²) in [5, 5.41) is 7.88. The van der Waals surface area contributed by atoms with Crippen LogP contribution in [0.1, 0.15) is 12.1 Å². The van der Waals surface area contributed by atoms with Crippen LogP contribution < -0.4 is 19.5 Å². The largest absolute Gasteiger partial charge is 0.493 e. The van der Waals surface area contributed by atoms with Crippen LogP contribution in [-0.4, -0.2) is 68.0 Å². The second kappa shape index (κ2) is 12.6. The van der Waals surface area contributed by atoms with Crippen molar-refractivity contribution in [2.45, 2.75) is 25.6 Å². The molecular formula is C32H29F2N7O4. The molecule has 5 aromatic rings. The molecule has 0 bridgehead atoms. The molecule has 45 heavy (non-hydrogen) atoms. The number of aromatic nitrogens is 5. The monoisotopic (exact) mass is 613 g/mol. The van der Waals surface area contributed by atoms with Crippen molar-refractivity contribution < 1.29 is 27.8 Å². The Morgan fingerprint density at radius 2 is 1.98 bits per heavy atom. The molecule has 1 saturated heterocycles. The number of rotatable bonds is 9. The molecule has 0 spiro atoms. The van der Waals surface area contributed by atoms with Gasteiger partial charge in [0, 0.05) is 48.4 Å². The zero-order chi connectivity index (χ0) is 31.5. The first-order valence-corrected chi connectivity index (χ1v) is 14.1. The van der Waals surface area contributed by atoms with Crippen molar-refractivity contribution in [1.82, 2.24) is 29.6 Å². The lowest BCUT2D eigenvalue weighted by Gasteiger charge is -2.34.